The lowest BCUT2D eigenvalue weighted by molar-refractivity contribution is -0.118. The largest absolute Gasteiger partial charge is 0.334 e. The fraction of sp³-hybridized carbons (Fsp3) is 0.389. The summed E-state index contributed by atoms with van der Waals surface area (Å²) in [5, 5.41) is 12.0. The van der Waals surface area contributed by atoms with E-state index in [0.29, 0.717) is 12.2 Å². The summed E-state index contributed by atoms with van der Waals surface area (Å²) in [5.41, 5.74) is 1.30. The minimum absolute atomic E-state index is 0.0299. The Bertz CT molecular complexity index is 773. The van der Waals surface area contributed by atoms with E-state index in [4.69, 9.17) is 0 Å². The topological polar surface area (TPSA) is 88.0 Å². The molecule has 140 valence electrons. The number of rotatable bonds is 7. The number of halogens is 1. The van der Waals surface area contributed by atoms with E-state index in [2.05, 4.69) is 28.0 Å². The van der Waals surface area contributed by atoms with Gasteiger partial charge in [0.25, 0.3) is 0 Å². The smallest absolute Gasteiger partial charge is 0.319 e. The molecule has 26 heavy (non-hydrogen) atoms. The first-order chi connectivity index (χ1) is 12.4. The normalized spacial score (nSPS) is 10.7. The highest BCUT2D eigenvalue weighted by molar-refractivity contribution is 5.94. The van der Waals surface area contributed by atoms with E-state index in [0.717, 1.165) is 18.5 Å². The maximum atomic E-state index is 13.8. The second-order valence-electron chi connectivity index (χ2n) is 6.26. The highest BCUT2D eigenvalue weighted by Crippen LogP contribution is 2.20. The molecule has 0 fully saturated rings. The zero-order valence-electron chi connectivity index (χ0n) is 15.2. The molecular formula is C18H24FN5O2. The number of amides is 3. The highest BCUT2D eigenvalue weighted by atomic mass is 19.1. The van der Waals surface area contributed by atoms with Crippen LogP contribution in [0.2, 0.25) is 0 Å². The first-order valence-electron chi connectivity index (χ1n) is 8.55. The maximum absolute atomic E-state index is 13.8. The van der Waals surface area contributed by atoms with Gasteiger partial charge in [-0.25, -0.2) is 9.18 Å². The van der Waals surface area contributed by atoms with Crippen LogP contribution in [0.3, 0.4) is 0 Å². The quantitative estimate of drug-likeness (QED) is 0.707. The molecule has 8 heteroatoms. The second-order valence-corrected chi connectivity index (χ2v) is 6.26. The van der Waals surface area contributed by atoms with Crippen LogP contribution >= 0.6 is 0 Å². The van der Waals surface area contributed by atoms with Crippen molar-refractivity contribution in [1.29, 1.82) is 0 Å². The molecule has 0 saturated carbocycles. The van der Waals surface area contributed by atoms with Crippen LogP contribution < -0.4 is 16.0 Å². The summed E-state index contributed by atoms with van der Waals surface area (Å²) in [5.74, 6) is -1.13. The third kappa shape index (κ3) is 5.58. The second kappa shape index (κ2) is 8.98. The number of benzene rings is 1. The molecule has 0 aliphatic rings. The third-order valence-electron chi connectivity index (χ3n) is 3.60. The van der Waals surface area contributed by atoms with Crippen molar-refractivity contribution in [3.8, 4) is 0 Å². The average Bonchev–Trinajstić information content (AvgIpc) is 3.04. The van der Waals surface area contributed by atoms with Gasteiger partial charge in [0, 0.05) is 36.5 Å². The fourth-order valence-electron chi connectivity index (χ4n) is 2.18. The molecule has 0 radical (unpaired) electrons. The molecule has 3 amide bonds. The van der Waals surface area contributed by atoms with E-state index in [1.165, 1.54) is 18.2 Å². The monoisotopic (exact) mass is 361 g/mol. The van der Waals surface area contributed by atoms with Gasteiger partial charge >= 0.3 is 6.03 Å². The lowest BCUT2D eigenvalue weighted by atomic mass is 10.2. The van der Waals surface area contributed by atoms with Gasteiger partial charge in [-0.1, -0.05) is 20.8 Å². The summed E-state index contributed by atoms with van der Waals surface area (Å²) >= 11 is 0. The van der Waals surface area contributed by atoms with Crippen molar-refractivity contribution in [2.45, 2.75) is 40.3 Å². The Morgan fingerprint density at radius 3 is 2.73 bits per heavy atom. The molecule has 0 aliphatic carbocycles. The predicted molar refractivity (Wildman–Crippen MR) is 98.2 cm³/mol. The summed E-state index contributed by atoms with van der Waals surface area (Å²) in [6.45, 7) is 6.64. The highest BCUT2D eigenvalue weighted by Gasteiger charge is 2.12. The van der Waals surface area contributed by atoms with E-state index in [-0.39, 0.29) is 17.5 Å². The third-order valence-corrected chi connectivity index (χ3v) is 3.60. The molecule has 1 aromatic carbocycles. The van der Waals surface area contributed by atoms with Gasteiger partial charge < -0.3 is 16.0 Å². The van der Waals surface area contributed by atoms with Crippen molar-refractivity contribution in [3.05, 3.63) is 42.0 Å². The number of anilines is 2. The Morgan fingerprint density at radius 2 is 2.04 bits per heavy atom. The van der Waals surface area contributed by atoms with Gasteiger partial charge in [0.2, 0.25) is 5.91 Å². The Morgan fingerprint density at radius 1 is 1.27 bits per heavy atom. The number of nitrogens with one attached hydrogen (secondary N) is 3. The number of urea groups is 1. The van der Waals surface area contributed by atoms with E-state index in [1.54, 1.807) is 20.0 Å². The number of aryl methyl sites for hydroxylation is 1. The van der Waals surface area contributed by atoms with Gasteiger partial charge in [0.15, 0.2) is 0 Å². The van der Waals surface area contributed by atoms with Crippen LogP contribution in [-0.4, -0.2) is 21.7 Å². The number of hydrogen-bond donors (Lipinski definition) is 3. The summed E-state index contributed by atoms with van der Waals surface area (Å²) in [7, 11) is 0. The first kappa shape index (κ1) is 19.4. The van der Waals surface area contributed by atoms with E-state index in [9.17, 15) is 14.0 Å². The van der Waals surface area contributed by atoms with Crippen molar-refractivity contribution in [2.24, 2.45) is 5.92 Å². The molecule has 2 rings (SSSR count). The van der Waals surface area contributed by atoms with Gasteiger partial charge in [-0.05, 0) is 24.6 Å². The predicted octanol–water partition coefficient (Wildman–Crippen LogP) is 3.35. The molecule has 0 saturated heterocycles. The number of carbonyl (C=O) groups excluding carboxylic acids is 2. The van der Waals surface area contributed by atoms with Gasteiger partial charge in [-0.3, -0.25) is 9.48 Å². The molecule has 7 nitrogen and oxygen atoms in total. The van der Waals surface area contributed by atoms with Crippen LogP contribution in [0.5, 0.6) is 0 Å². The molecule has 1 heterocycles. The number of carbonyl (C=O) groups is 2. The van der Waals surface area contributed by atoms with Crippen molar-refractivity contribution >= 4 is 23.3 Å². The van der Waals surface area contributed by atoms with Gasteiger partial charge in [0.05, 0.1) is 11.9 Å². The van der Waals surface area contributed by atoms with Crippen LogP contribution in [0.4, 0.5) is 20.6 Å². The minimum Gasteiger partial charge on any atom is -0.334 e. The molecular weight excluding hydrogens is 337 g/mol. The van der Waals surface area contributed by atoms with Crippen LogP contribution in [0.15, 0.2) is 30.6 Å². The average molecular weight is 361 g/mol. The number of hydrogen-bond acceptors (Lipinski definition) is 3. The van der Waals surface area contributed by atoms with Crippen LogP contribution in [0.25, 0.3) is 0 Å². The van der Waals surface area contributed by atoms with E-state index < -0.39 is 11.8 Å². The maximum Gasteiger partial charge on any atom is 0.319 e. The molecule has 0 aliphatic heterocycles. The fourth-order valence-corrected chi connectivity index (χ4v) is 2.18. The molecule has 0 unspecified atom stereocenters. The van der Waals surface area contributed by atoms with Crippen LogP contribution in [0, 0.1) is 11.7 Å². The zero-order chi connectivity index (χ0) is 19.1. The minimum atomic E-state index is -0.562. The zero-order valence-corrected chi connectivity index (χ0v) is 15.2. The Labute approximate surface area is 152 Å². The molecule has 0 atom stereocenters. The molecule has 0 bridgehead atoms. The lowest BCUT2D eigenvalue weighted by Gasteiger charge is -2.11. The first-order valence-corrected chi connectivity index (χ1v) is 8.55. The summed E-state index contributed by atoms with van der Waals surface area (Å²) < 4.78 is 15.6. The lowest BCUT2D eigenvalue weighted by Crippen LogP contribution is -2.28. The Kier molecular flexibility index (Phi) is 6.71. The van der Waals surface area contributed by atoms with Crippen molar-refractivity contribution in [1.82, 2.24) is 15.1 Å². The van der Waals surface area contributed by atoms with Gasteiger partial charge in [-0.2, -0.15) is 5.10 Å². The van der Waals surface area contributed by atoms with Crippen molar-refractivity contribution < 1.29 is 14.0 Å². The summed E-state index contributed by atoms with van der Waals surface area (Å²) in [6.07, 6.45) is 4.56. The Balaban J connectivity index is 1.92. The van der Waals surface area contributed by atoms with E-state index in [1.807, 2.05) is 10.9 Å². The molecule has 1 aromatic heterocycles. The SMILES string of the molecule is CCCn1cc(CNC(=O)Nc2ccc(F)c(NC(=O)C(C)C)c2)cn1. The number of nitrogens with zero attached hydrogens (tertiary/aromatic N) is 2. The molecule has 2 aromatic rings. The van der Waals surface area contributed by atoms with Gasteiger partial charge in [0.1, 0.15) is 5.82 Å². The summed E-state index contributed by atoms with van der Waals surface area (Å²) in [4.78, 5) is 23.7. The van der Waals surface area contributed by atoms with Crippen LogP contribution in [-0.2, 0) is 17.9 Å². The Hall–Kier alpha value is -2.90. The van der Waals surface area contributed by atoms with E-state index >= 15 is 0 Å². The van der Waals surface area contributed by atoms with Crippen LogP contribution in [0.1, 0.15) is 32.8 Å². The number of aromatic nitrogens is 2. The molecule has 3 N–H and O–H groups in total. The molecule has 0 spiro atoms. The van der Waals surface area contributed by atoms with Gasteiger partial charge in [-0.15, -0.1) is 0 Å². The summed E-state index contributed by atoms with van der Waals surface area (Å²) in [6, 6.07) is 3.58. The van der Waals surface area contributed by atoms with Crippen molar-refractivity contribution in [3.63, 3.8) is 0 Å². The van der Waals surface area contributed by atoms with Crippen molar-refractivity contribution in [2.75, 3.05) is 10.6 Å². The standard InChI is InChI=1S/C18H24FN5O2/c1-4-7-24-11-13(10-21-24)9-20-18(26)22-14-5-6-15(19)16(8-14)23-17(25)12(2)3/h5-6,8,10-12H,4,7,9H2,1-3H3,(H,23,25)(H2,20,22,26).